The molecule has 0 rings (SSSR count). The monoisotopic (exact) mass is 302 g/mol. The van der Waals surface area contributed by atoms with E-state index in [1.54, 1.807) is 20.8 Å². The number of hydrogen-bond acceptors (Lipinski definition) is 5. The molecule has 0 fully saturated rings. The second-order valence-electron chi connectivity index (χ2n) is 5.81. The van der Waals surface area contributed by atoms with Crippen molar-refractivity contribution in [3.8, 4) is 0 Å². The normalized spacial score (nSPS) is 15.2. The zero-order chi connectivity index (χ0) is 16.5. The summed E-state index contributed by atoms with van der Waals surface area (Å²) in [4.78, 5) is 24.0. The molecule has 0 N–H and O–H groups in total. The average molecular weight is 302 g/mol. The van der Waals surface area contributed by atoms with Crippen LogP contribution in [0, 0.1) is 11.3 Å². The van der Waals surface area contributed by atoms with Crippen molar-refractivity contribution in [2.75, 3.05) is 13.2 Å². The molecule has 5 heteroatoms. The van der Waals surface area contributed by atoms with E-state index in [0.717, 1.165) is 6.42 Å². The zero-order valence-electron chi connectivity index (χ0n) is 14.2. The molecular weight excluding hydrogens is 272 g/mol. The van der Waals surface area contributed by atoms with E-state index in [9.17, 15) is 9.59 Å². The Morgan fingerprint density at radius 1 is 1.05 bits per heavy atom. The molecule has 0 aliphatic heterocycles. The molecule has 124 valence electrons. The summed E-state index contributed by atoms with van der Waals surface area (Å²) in [5.74, 6) is -0.0307. The van der Waals surface area contributed by atoms with Gasteiger partial charge in [0.05, 0.1) is 13.2 Å². The lowest BCUT2D eigenvalue weighted by Gasteiger charge is -2.35. The fourth-order valence-corrected chi connectivity index (χ4v) is 2.34. The van der Waals surface area contributed by atoms with Gasteiger partial charge in [-0.05, 0) is 39.5 Å². The summed E-state index contributed by atoms with van der Waals surface area (Å²) in [5.41, 5.74) is -0.845. The minimum atomic E-state index is -0.845. The Morgan fingerprint density at radius 3 is 2.05 bits per heavy atom. The van der Waals surface area contributed by atoms with Crippen LogP contribution in [-0.2, 0) is 19.0 Å². The molecule has 0 bridgehead atoms. The highest BCUT2D eigenvalue weighted by Gasteiger charge is 2.44. The highest BCUT2D eigenvalue weighted by atomic mass is 16.7. The van der Waals surface area contributed by atoms with Crippen LogP contribution in [0.15, 0.2) is 0 Å². The van der Waals surface area contributed by atoms with Gasteiger partial charge in [-0.1, -0.05) is 27.2 Å². The quantitative estimate of drug-likeness (QED) is 0.604. The van der Waals surface area contributed by atoms with Gasteiger partial charge in [-0.2, -0.15) is 0 Å². The molecule has 0 heterocycles. The number of carbonyl (C=O) groups excluding carboxylic acids is 2. The maximum atomic E-state index is 12.4. The molecule has 21 heavy (non-hydrogen) atoms. The summed E-state index contributed by atoms with van der Waals surface area (Å²) in [5, 5.41) is 0. The maximum Gasteiger partial charge on any atom is 0.508 e. The topological polar surface area (TPSA) is 61.8 Å². The van der Waals surface area contributed by atoms with Crippen molar-refractivity contribution in [2.24, 2.45) is 11.3 Å². The van der Waals surface area contributed by atoms with Crippen LogP contribution in [0.5, 0.6) is 0 Å². The van der Waals surface area contributed by atoms with Crippen molar-refractivity contribution in [1.82, 2.24) is 0 Å². The van der Waals surface area contributed by atoms with E-state index in [2.05, 4.69) is 0 Å². The highest BCUT2D eigenvalue weighted by molar-refractivity contribution is 5.77. The van der Waals surface area contributed by atoms with Crippen molar-refractivity contribution in [3.05, 3.63) is 0 Å². The van der Waals surface area contributed by atoms with Crippen molar-refractivity contribution in [3.63, 3.8) is 0 Å². The molecular formula is C16H30O5. The SMILES string of the molecule is CCCC(C)(C(=O)OCC)C(CC(C)C)OC(=O)OCC. The van der Waals surface area contributed by atoms with Crippen LogP contribution < -0.4 is 0 Å². The molecule has 0 saturated heterocycles. The molecule has 0 aromatic rings. The number of esters is 1. The fourth-order valence-electron chi connectivity index (χ4n) is 2.34. The van der Waals surface area contributed by atoms with E-state index < -0.39 is 17.7 Å². The predicted molar refractivity (Wildman–Crippen MR) is 81.0 cm³/mol. The van der Waals surface area contributed by atoms with E-state index in [4.69, 9.17) is 14.2 Å². The minimum absolute atomic E-state index is 0.247. The summed E-state index contributed by atoms with van der Waals surface area (Å²) >= 11 is 0. The second kappa shape index (κ2) is 9.64. The first-order chi connectivity index (χ1) is 9.81. The lowest BCUT2D eigenvalue weighted by Crippen LogP contribution is -2.44. The lowest BCUT2D eigenvalue weighted by atomic mass is 9.77. The van der Waals surface area contributed by atoms with Gasteiger partial charge in [-0.15, -0.1) is 0 Å². The Hall–Kier alpha value is -1.26. The van der Waals surface area contributed by atoms with Crippen LogP contribution in [-0.4, -0.2) is 31.4 Å². The highest BCUT2D eigenvalue weighted by Crippen LogP contribution is 2.35. The fraction of sp³-hybridized carbons (Fsp3) is 0.875. The van der Waals surface area contributed by atoms with E-state index in [-0.39, 0.29) is 18.5 Å². The molecule has 0 spiro atoms. The molecule has 0 radical (unpaired) electrons. The summed E-state index contributed by atoms with van der Waals surface area (Å²) < 4.78 is 15.5. The molecule has 0 saturated carbocycles. The third-order valence-electron chi connectivity index (χ3n) is 3.41. The van der Waals surface area contributed by atoms with Crippen molar-refractivity contribution >= 4 is 12.1 Å². The molecule has 0 aromatic carbocycles. The van der Waals surface area contributed by atoms with Gasteiger partial charge in [0.1, 0.15) is 11.5 Å². The van der Waals surface area contributed by atoms with Gasteiger partial charge in [0.25, 0.3) is 0 Å². The predicted octanol–water partition coefficient (Wildman–Crippen LogP) is 3.94. The van der Waals surface area contributed by atoms with Crippen LogP contribution in [0.3, 0.4) is 0 Å². The van der Waals surface area contributed by atoms with Crippen molar-refractivity contribution < 1.29 is 23.8 Å². The van der Waals surface area contributed by atoms with E-state index in [1.807, 2.05) is 20.8 Å². The molecule has 2 unspecified atom stereocenters. The third kappa shape index (κ3) is 6.36. The third-order valence-corrected chi connectivity index (χ3v) is 3.41. The van der Waals surface area contributed by atoms with E-state index >= 15 is 0 Å². The first kappa shape index (κ1) is 19.7. The Kier molecular flexibility index (Phi) is 9.06. The van der Waals surface area contributed by atoms with Crippen molar-refractivity contribution in [2.45, 2.75) is 66.9 Å². The number of ether oxygens (including phenoxy) is 3. The summed E-state index contributed by atoms with van der Waals surface area (Å²) in [6.45, 7) is 11.9. The number of hydrogen-bond donors (Lipinski definition) is 0. The number of carbonyl (C=O) groups is 2. The Labute approximate surface area is 128 Å². The van der Waals surface area contributed by atoms with Gasteiger partial charge >= 0.3 is 12.1 Å². The van der Waals surface area contributed by atoms with Gasteiger partial charge in [-0.25, -0.2) is 4.79 Å². The standard InChI is InChI=1S/C16H30O5/c1-7-10-16(6,14(17)19-8-2)13(11-12(4)5)21-15(18)20-9-3/h12-13H,7-11H2,1-6H3. The largest absolute Gasteiger partial charge is 0.508 e. The zero-order valence-corrected chi connectivity index (χ0v) is 14.2. The first-order valence-corrected chi connectivity index (χ1v) is 7.82. The van der Waals surface area contributed by atoms with Gasteiger partial charge in [-0.3, -0.25) is 4.79 Å². The summed E-state index contributed by atoms with van der Waals surface area (Å²) in [6.07, 6.45) is 0.720. The molecule has 5 nitrogen and oxygen atoms in total. The van der Waals surface area contributed by atoms with Crippen molar-refractivity contribution in [1.29, 1.82) is 0 Å². The number of rotatable bonds is 9. The van der Waals surface area contributed by atoms with E-state index in [0.29, 0.717) is 19.4 Å². The smallest absolute Gasteiger partial charge is 0.465 e. The van der Waals surface area contributed by atoms with Crippen LogP contribution in [0.25, 0.3) is 0 Å². The average Bonchev–Trinajstić information content (AvgIpc) is 2.38. The lowest BCUT2D eigenvalue weighted by molar-refractivity contribution is -0.164. The molecule has 0 aromatic heterocycles. The Bertz CT molecular complexity index is 327. The van der Waals surface area contributed by atoms with Crippen LogP contribution >= 0.6 is 0 Å². The minimum Gasteiger partial charge on any atom is -0.465 e. The van der Waals surface area contributed by atoms with Gasteiger partial charge in [0.2, 0.25) is 0 Å². The van der Waals surface area contributed by atoms with Gasteiger partial charge in [0.15, 0.2) is 0 Å². The van der Waals surface area contributed by atoms with Crippen LogP contribution in [0.4, 0.5) is 4.79 Å². The maximum absolute atomic E-state index is 12.4. The van der Waals surface area contributed by atoms with Gasteiger partial charge < -0.3 is 14.2 Å². The Balaban J connectivity index is 5.25. The molecule has 0 amide bonds. The molecule has 0 aliphatic rings. The van der Waals surface area contributed by atoms with Crippen LogP contribution in [0.1, 0.15) is 60.8 Å². The summed E-state index contributed by atoms with van der Waals surface area (Å²) in [7, 11) is 0. The first-order valence-electron chi connectivity index (χ1n) is 7.82. The summed E-state index contributed by atoms with van der Waals surface area (Å²) in [6, 6.07) is 0. The molecule has 0 aliphatic carbocycles. The van der Waals surface area contributed by atoms with E-state index in [1.165, 1.54) is 0 Å². The Morgan fingerprint density at radius 2 is 1.62 bits per heavy atom. The van der Waals surface area contributed by atoms with Crippen LogP contribution in [0.2, 0.25) is 0 Å². The van der Waals surface area contributed by atoms with Gasteiger partial charge in [0, 0.05) is 0 Å². The second-order valence-corrected chi connectivity index (χ2v) is 5.81. The molecule has 2 atom stereocenters.